The Bertz CT molecular complexity index is 931. The van der Waals surface area contributed by atoms with Crippen LogP contribution < -0.4 is 5.32 Å². The summed E-state index contributed by atoms with van der Waals surface area (Å²) in [7, 11) is 0. The van der Waals surface area contributed by atoms with Crippen molar-refractivity contribution < 1.29 is 9.53 Å². The van der Waals surface area contributed by atoms with Gasteiger partial charge < -0.3 is 14.6 Å². The fourth-order valence-electron chi connectivity index (χ4n) is 3.23. The predicted molar refractivity (Wildman–Crippen MR) is 96.3 cm³/mol. The van der Waals surface area contributed by atoms with Crippen LogP contribution in [0.4, 0.5) is 0 Å². The van der Waals surface area contributed by atoms with Gasteiger partial charge in [-0.1, -0.05) is 12.1 Å². The molecule has 1 saturated heterocycles. The summed E-state index contributed by atoms with van der Waals surface area (Å²) in [6.45, 7) is 3.27. The van der Waals surface area contributed by atoms with Gasteiger partial charge in [0.05, 0.1) is 23.3 Å². The van der Waals surface area contributed by atoms with Gasteiger partial charge in [0.15, 0.2) is 5.82 Å². The minimum Gasteiger partial charge on any atom is -0.370 e. The number of amides is 1. The van der Waals surface area contributed by atoms with Gasteiger partial charge in [0, 0.05) is 12.8 Å². The first kappa shape index (κ1) is 16.7. The van der Waals surface area contributed by atoms with E-state index in [1.54, 1.807) is 6.20 Å². The molecule has 4 rings (SSSR count). The number of para-hydroxylation sites is 2. The number of carbonyl (C=O) groups is 1. The lowest BCUT2D eigenvalue weighted by Gasteiger charge is -2.10. The summed E-state index contributed by atoms with van der Waals surface area (Å²) < 4.78 is 7.54. The molecule has 26 heavy (non-hydrogen) atoms. The normalized spacial score (nSPS) is 16.9. The summed E-state index contributed by atoms with van der Waals surface area (Å²) in [6, 6.07) is 9.63. The predicted octanol–water partition coefficient (Wildman–Crippen LogP) is 2.30. The van der Waals surface area contributed by atoms with Crippen molar-refractivity contribution in [1.29, 1.82) is 0 Å². The van der Waals surface area contributed by atoms with E-state index in [1.165, 1.54) is 0 Å². The topological polar surface area (TPSA) is 81.9 Å². The zero-order valence-corrected chi connectivity index (χ0v) is 14.7. The molecule has 1 unspecified atom stereocenters. The summed E-state index contributed by atoms with van der Waals surface area (Å²) in [5.41, 5.74) is 2.64. The van der Waals surface area contributed by atoms with Gasteiger partial charge in [-0.25, -0.2) is 15.0 Å². The summed E-state index contributed by atoms with van der Waals surface area (Å²) in [6.07, 6.45) is 3.68. The van der Waals surface area contributed by atoms with Crippen molar-refractivity contribution in [3.8, 4) is 0 Å². The standard InChI is InChI=1S/C19H21N5O2/c1-13-22-15-5-2-3-6-16(15)24(13)12-18(25)21-11-14-8-9-20-19(23-14)17-7-4-10-26-17/h2-3,5-6,8-9,17H,4,7,10-12H2,1H3,(H,21,25). The number of hydrogen-bond donors (Lipinski definition) is 1. The molecule has 2 aromatic heterocycles. The molecule has 1 fully saturated rings. The monoisotopic (exact) mass is 351 g/mol. The van der Waals surface area contributed by atoms with Crippen molar-refractivity contribution in [2.45, 2.75) is 39.0 Å². The molecule has 3 aromatic rings. The van der Waals surface area contributed by atoms with Crippen LogP contribution >= 0.6 is 0 Å². The molecule has 0 spiro atoms. The molecule has 3 heterocycles. The molecule has 1 atom stereocenters. The first-order chi connectivity index (χ1) is 12.7. The molecule has 0 aliphatic carbocycles. The molecule has 0 radical (unpaired) electrons. The summed E-state index contributed by atoms with van der Waals surface area (Å²) in [5, 5.41) is 2.93. The van der Waals surface area contributed by atoms with Crippen molar-refractivity contribution in [2.75, 3.05) is 6.61 Å². The molecule has 7 heteroatoms. The van der Waals surface area contributed by atoms with Crippen molar-refractivity contribution in [2.24, 2.45) is 0 Å². The van der Waals surface area contributed by atoms with Crippen molar-refractivity contribution in [3.05, 3.63) is 53.9 Å². The Morgan fingerprint density at radius 3 is 3.04 bits per heavy atom. The second-order valence-corrected chi connectivity index (χ2v) is 6.42. The van der Waals surface area contributed by atoms with Gasteiger partial charge in [-0.2, -0.15) is 0 Å². The Morgan fingerprint density at radius 1 is 1.31 bits per heavy atom. The number of carbonyl (C=O) groups excluding carboxylic acids is 1. The van der Waals surface area contributed by atoms with Gasteiger partial charge in [-0.3, -0.25) is 4.79 Å². The lowest BCUT2D eigenvalue weighted by molar-refractivity contribution is -0.121. The van der Waals surface area contributed by atoms with Gasteiger partial charge in [0.1, 0.15) is 18.5 Å². The number of rotatable bonds is 5. The number of nitrogens with one attached hydrogen (secondary N) is 1. The van der Waals surface area contributed by atoms with E-state index in [0.29, 0.717) is 12.4 Å². The van der Waals surface area contributed by atoms with Crippen LogP contribution in [-0.2, 0) is 22.6 Å². The van der Waals surface area contributed by atoms with E-state index in [0.717, 1.165) is 42.0 Å². The molecule has 1 N–H and O–H groups in total. The zero-order chi connectivity index (χ0) is 17.9. The average molecular weight is 351 g/mol. The molecule has 1 amide bonds. The Kier molecular flexibility index (Phi) is 4.62. The summed E-state index contributed by atoms with van der Waals surface area (Å²) in [5.74, 6) is 1.45. The van der Waals surface area contributed by atoms with Gasteiger partial charge in [-0.15, -0.1) is 0 Å². The SMILES string of the molecule is Cc1nc2ccccc2n1CC(=O)NCc1ccnc(C2CCCO2)n1. The third kappa shape index (κ3) is 3.43. The quantitative estimate of drug-likeness (QED) is 0.763. The van der Waals surface area contributed by atoms with Crippen LogP contribution in [0.25, 0.3) is 11.0 Å². The maximum absolute atomic E-state index is 12.4. The Hall–Kier alpha value is -2.80. The average Bonchev–Trinajstić information content (AvgIpc) is 3.29. The van der Waals surface area contributed by atoms with Gasteiger partial charge >= 0.3 is 0 Å². The van der Waals surface area contributed by atoms with E-state index in [4.69, 9.17) is 4.74 Å². The highest BCUT2D eigenvalue weighted by Crippen LogP contribution is 2.25. The number of imidazole rings is 1. The van der Waals surface area contributed by atoms with E-state index in [2.05, 4.69) is 20.3 Å². The fourth-order valence-corrected chi connectivity index (χ4v) is 3.23. The van der Waals surface area contributed by atoms with E-state index in [1.807, 2.05) is 41.8 Å². The Balaban J connectivity index is 1.41. The second kappa shape index (κ2) is 7.21. The maximum Gasteiger partial charge on any atom is 0.240 e. The van der Waals surface area contributed by atoms with Crippen molar-refractivity contribution in [1.82, 2.24) is 24.8 Å². The molecular formula is C19H21N5O2. The molecule has 0 bridgehead atoms. The second-order valence-electron chi connectivity index (χ2n) is 6.42. The molecule has 1 aliphatic heterocycles. The molecule has 134 valence electrons. The first-order valence-electron chi connectivity index (χ1n) is 8.83. The number of ether oxygens (including phenoxy) is 1. The summed E-state index contributed by atoms with van der Waals surface area (Å²) in [4.78, 5) is 25.7. The van der Waals surface area contributed by atoms with E-state index in [9.17, 15) is 4.79 Å². The van der Waals surface area contributed by atoms with E-state index < -0.39 is 0 Å². The number of hydrogen-bond acceptors (Lipinski definition) is 5. The highest BCUT2D eigenvalue weighted by Gasteiger charge is 2.20. The Labute approximate surface area is 151 Å². The van der Waals surface area contributed by atoms with Crippen LogP contribution in [0, 0.1) is 6.92 Å². The van der Waals surface area contributed by atoms with Crippen LogP contribution in [0.15, 0.2) is 36.5 Å². The van der Waals surface area contributed by atoms with E-state index in [-0.39, 0.29) is 18.6 Å². The fraction of sp³-hybridized carbons (Fsp3) is 0.368. The highest BCUT2D eigenvalue weighted by atomic mass is 16.5. The number of aromatic nitrogens is 4. The first-order valence-corrected chi connectivity index (χ1v) is 8.83. The third-order valence-electron chi connectivity index (χ3n) is 4.56. The number of aryl methyl sites for hydroxylation is 1. The third-order valence-corrected chi connectivity index (χ3v) is 4.56. The van der Waals surface area contributed by atoms with Crippen molar-refractivity contribution in [3.63, 3.8) is 0 Å². The maximum atomic E-state index is 12.4. The molecule has 1 aliphatic rings. The van der Waals surface area contributed by atoms with Gasteiger partial charge in [0.25, 0.3) is 0 Å². The van der Waals surface area contributed by atoms with Crippen LogP contribution in [0.2, 0.25) is 0 Å². The van der Waals surface area contributed by atoms with Gasteiger partial charge in [0.2, 0.25) is 5.91 Å². The number of benzene rings is 1. The van der Waals surface area contributed by atoms with Gasteiger partial charge in [-0.05, 0) is 38.0 Å². The minimum absolute atomic E-state index is 0.0226. The van der Waals surface area contributed by atoms with Crippen LogP contribution in [0.3, 0.4) is 0 Å². The minimum atomic E-state index is -0.0754. The van der Waals surface area contributed by atoms with Crippen LogP contribution in [-0.4, -0.2) is 32.0 Å². The number of fused-ring (bicyclic) bond motifs is 1. The zero-order valence-electron chi connectivity index (χ0n) is 14.7. The molecule has 0 saturated carbocycles. The largest absolute Gasteiger partial charge is 0.370 e. The van der Waals surface area contributed by atoms with Crippen LogP contribution in [0.1, 0.15) is 36.3 Å². The molecule has 7 nitrogen and oxygen atoms in total. The van der Waals surface area contributed by atoms with Crippen LogP contribution in [0.5, 0.6) is 0 Å². The smallest absolute Gasteiger partial charge is 0.240 e. The highest BCUT2D eigenvalue weighted by molar-refractivity contribution is 5.81. The lowest BCUT2D eigenvalue weighted by Crippen LogP contribution is -2.28. The molecule has 1 aromatic carbocycles. The molecular weight excluding hydrogens is 330 g/mol. The van der Waals surface area contributed by atoms with Crippen molar-refractivity contribution >= 4 is 16.9 Å². The summed E-state index contributed by atoms with van der Waals surface area (Å²) >= 11 is 0. The Morgan fingerprint density at radius 2 is 2.19 bits per heavy atom. The lowest BCUT2D eigenvalue weighted by atomic mass is 10.2. The number of nitrogens with zero attached hydrogens (tertiary/aromatic N) is 4. The van der Waals surface area contributed by atoms with E-state index >= 15 is 0 Å².